The fraction of sp³-hybridized carbons (Fsp3) is 0.481. The predicted molar refractivity (Wildman–Crippen MR) is 127 cm³/mol. The van der Waals surface area contributed by atoms with E-state index in [-0.39, 0.29) is 23.8 Å². The van der Waals surface area contributed by atoms with Crippen LogP contribution in [0.15, 0.2) is 48.5 Å². The molecular formula is C27H33N3O2. The highest BCUT2D eigenvalue weighted by atomic mass is 16.2. The lowest BCUT2D eigenvalue weighted by Crippen LogP contribution is -2.46. The van der Waals surface area contributed by atoms with Crippen LogP contribution in [0, 0.1) is 5.92 Å². The zero-order valence-electron chi connectivity index (χ0n) is 18.8. The van der Waals surface area contributed by atoms with Gasteiger partial charge >= 0.3 is 0 Å². The van der Waals surface area contributed by atoms with Crippen molar-refractivity contribution in [1.82, 2.24) is 10.2 Å². The van der Waals surface area contributed by atoms with Crippen molar-refractivity contribution in [2.24, 2.45) is 5.92 Å². The summed E-state index contributed by atoms with van der Waals surface area (Å²) in [6.07, 6.45) is 7.22. The average Bonchev–Trinajstić information content (AvgIpc) is 3.39. The van der Waals surface area contributed by atoms with Crippen LogP contribution in [0.5, 0.6) is 0 Å². The number of fused-ring (bicyclic) bond motifs is 1. The molecular weight excluding hydrogens is 398 g/mol. The molecule has 1 saturated heterocycles. The smallest absolute Gasteiger partial charge is 0.256 e. The molecule has 2 aromatic carbocycles. The molecule has 5 rings (SSSR count). The Labute approximate surface area is 190 Å². The Morgan fingerprint density at radius 2 is 1.50 bits per heavy atom. The Balaban J connectivity index is 1.23. The van der Waals surface area contributed by atoms with Crippen molar-refractivity contribution in [3.05, 3.63) is 65.2 Å². The molecule has 1 saturated carbocycles. The molecule has 5 heteroatoms. The largest absolute Gasteiger partial charge is 0.371 e. The average molecular weight is 432 g/mol. The zero-order valence-corrected chi connectivity index (χ0v) is 18.8. The standard InChI is InChI=1S/C27H33N3O2/c31-26(21-8-2-3-9-21)28-23-14-17-29(18-15-23)25-12-6-5-11-24(25)27(32)30-16-13-20-7-1-4-10-22(20)19-30/h1,4-7,10-12,21,23H,2-3,8-9,13-19H2,(H,28,31). The molecule has 5 nitrogen and oxygen atoms in total. The van der Waals surface area contributed by atoms with Gasteiger partial charge in [-0.3, -0.25) is 9.59 Å². The highest BCUT2D eigenvalue weighted by molar-refractivity contribution is 6.00. The normalized spacial score (nSPS) is 19.6. The molecule has 2 aliphatic heterocycles. The summed E-state index contributed by atoms with van der Waals surface area (Å²) in [4.78, 5) is 30.3. The highest BCUT2D eigenvalue weighted by Gasteiger charge is 2.29. The van der Waals surface area contributed by atoms with Gasteiger partial charge in [0.1, 0.15) is 0 Å². The first-order valence-electron chi connectivity index (χ1n) is 12.2. The van der Waals surface area contributed by atoms with Crippen LogP contribution in [0.1, 0.15) is 60.0 Å². The van der Waals surface area contributed by atoms with E-state index in [9.17, 15) is 9.59 Å². The van der Waals surface area contributed by atoms with Gasteiger partial charge in [0.05, 0.1) is 5.56 Å². The zero-order chi connectivity index (χ0) is 21.9. The van der Waals surface area contributed by atoms with Gasteiger partial charge in [0, 0.05) is 43.8 Å². The van der Waals surface area contributed by atoms with Crippen LogP contribution in [0.2, 0.25) is 0 Å². The summed E-state index contributed by atoms with van der Waals surface area (Å²) in [7, 11) is 0. The summed E-state index contributed by atoms with van der Waals surface area (Å²) >= 11 is 0. The van der Waals surface area contributed by atoms with Gasteiger partial charge in [0.2, 0.25) is 5.91 Å². The van der Waals surface area contributed by atoms with E-state index in [1.807, 2.05) is 23.1 Å². The van der Waals surface area contributed by atoms with Crippen molar-refractivity contribution in [2.75, 3.05) is 24.5 Å². The Morgan fingerprint density at radius 3 is 2.28 bits per heavy atom. The van der Waals surface area contributed by atoms with Crippen LogP contribution in [0.25, 0.3) is 0 Å². The van der Waals surface area contributed by atoms with E-state index in [0.29, 0.717) is 6.54 Å². The number of anilines is 1. The van der Waals surface area contributed by atoms with Crippen molar-refractivity contribution in [3.63, 3.8) is 0 Å². The maximum atomic E-state index is 13.5. The molecule has 32 heavy (non-hydrogen) atoms. The van der Waals surface area contributed by atoms with E-state index in [2.05, 4.69) is 40.5 Å². The molecule has 2 fully saturated rings. The summed E-state index contributed by atoms with van der Waals surface area (Å²) in [5.41, 5.74) is 4.42. The minimum absolute atomic E-state index is 0.117. The van der Waals surface area contributed by atoms with Crippen LogP contribution < -0.4 is 10.2 Å². The third-order valence-corrected chi connectivity index (χ3v) is 7.46. The van der Waals surface area contributed by atoms with E-state index in [1.54, 1.807) is 0 Å². The van der Waals surface area contributed by atoms with Gasteiger partial charge in [0.15, 0.2) is 0 Å². The quantitative estimate of drug-likeness (QED) is 0.791. The lowest BCUT2D eigenvalue weighted by atomic mass is 9.98. The minimum Gasteiger partial charge on any atom is -0.371 e. The minimum atomic E-state index is 0.117. The van der Waals surface area contributed by atoms with Gasteiger partial charge in [-0.2, -0.15) is 0 Å². The van der Waals surface area contributed by atoms with E-state index < -0.39 is 0 Å². The Bertz CT molecular complexity index is 974. The molecule has 2 amide bonds. The number of piperidine rings is 1. The van der Waals surface area contributed by atoms with Crippen LogP contribution in [-0.2, 0) is 17.8 Å². The Morgan fingerprint density at radius 1 is 0.812 bits per heavy atom. The number of carbonyl (C=O) groups is 2. The summed E-state index contributed by atoms with van der Waals surface area (Å²) < 4.78 is 0. The maximum Gasteiger partial charge on any atom is 0.256 e. The molecule has 1 aliphatic carbocycles. The van der Waals surface area contributed by atoms with E-state index in [1.165, 1.54) is 24.0 Å². The summed E-state index contributed by atoms with van der Waals surface area (Å²) in [6.45, 7) is 3.17. The third kappa shape index (κ3) is 4.38. The van der Waals surface area contributed by atoms with Crippen LogP contribution in [0.4, 0.5) is 5.69 Å². The first-order valence-corrected chi connectivity index (χ1v) is 12.2. The summed E-state index contributed by atoms with van der Waals surface area (Å²) in [5, 5.41) is 3.29. The molecule has 0 bridgehead atoms. The molecule has 0 unspecified atom stereocenters. The molecule has 3 aliphatic rings. The third-order valence-electron chi connectivity index (χ3n) is 7.46. The lowest BCUT2D eigenvalue weighted by Gasteiger charge is -2.36. The fourth-order valence-electron chi connectivity index (χ4n) is 5.54. The highest BCUT2D eigenvalue weighted by Crippen LogP contribution is 2.29. The van der Waals surface area contributed by atoms with Gasteiger partial charge in [-0.1, -0.05) is 49.2 Å². The van der Waals surface area contributed by atoms with E-state index in [4.69, 9.17) is 0 Å². The molecule has 1 N–H and O–H groups in total. The number of nitrogens with zero attached hydrogens (tertiary/aromatic N) is 2. The second kappa shape index (κ2) is 9.35. The molecule has 0 aromatic heterocycles. The van der Waals surface area contributed by atoms with Gasteiger partial charge in [0.25, 0.3) is 5.91 Å². The SMILES string of the molecule is O=C(NC1CCN(c2ccccc2C(=O)N2CCc3ccccc3C2)CC1)C1CCCC1. The number of hydrogen-bond acceptors (Lipinski definition) is 3. The topological polar surface area (TPSA) is 52.7 Å². The lowest BCUT2D eigenvalue weighted by molar-refractivity contribution is -0.125. The monoisotopic (exact) mass is 431 g/mol. The van der Waals surface area contributed by atoms with E-state index >= 15 is 0 Å². The number of rotatable bonds is 4. The van der Waals surface area contributed by atoms with E-state index in [0.717, 1.165) is 63.0 Å². The molecule has 2 aromatic rings. The first-order chi connectivity index (χ1) is 15.7. The Kier molecular flexibility index (Phi) is 6.15. The van der Waals surface area contributed by atoms with Crippen LogP contribution >= 0.6 is 0 Å². The predicted octanol–water partition coefficient (Wildman–Crippen LogP) is 4.16. The summed E-state index contributed by atoms with van der Waals surface area (Å²) in [5.74, 6) is 0.592. The molecule has 2 heterocycles. The first kappa shape index (κ1) is 21.0. The molecule has 0 atom stereocenters. The van der Waals surface area contributed by atoms with Gasteiger partial charge < -0.3 is 15.1 Å². The number of hydrogen-bond donors (Lipinski definition) is 1. The molecule has 0 radical (unpaired) electrons. The van der Waals surface area contributed by atoms with Crippen molar-refractivity contribution in [1.29, 1.82) is 0 Å². The Hall–Kier alpha value is -2.82. The van der Waals surface area contributed by atoms with Crippen molar-refractivity contribution < 1.29 is 9.59 Å². The van der Waals surface area contributed by atoms with Crippen molar-refractivity contribution >= 4 is 17.5 Å². The van der Waals surface area contributed by atoms with Gasteiger partial charge in [-0.25, -0.2) is 0 Å². The van der Waals surface area contributed by atoms with Gasteiger partial charge in [-0.05, 0) is 55.4 Å². The number of carbonyl (C=O) groups excluding carboxylic acids is 2. The van der Waals surface area contributed by atoms with Gasteiger partial charge in [-0.15, -0.1) is 0 Å². The second-order valence-corrected chi connectivity index (χ2v) is 9.51. The maximum absolute atomic E-state index is 13.5. The number of para-hydroxylation sites is 1. The fourth-order valence-corrected chi connectivity index (χ4v) is 5.54. The van der Waals surface area contributed by atoms with Crippen molar-refractivity contribution in [2.45, 2.75) is 57.5 Å². The number of nitrogens with one attached hydrogen (secondary N) is 1. The van der Waals surface area contributed by atoms with Crippen LogP contribution in [-0.4, -0.2) is 42.4 Å². The second-order valence-electron chi connectivity index (χ2n) is 9.51. The number of amides is 2. The number of benzene rings is 2. The van der Waals surface area contributed by atoms with Crippen LogP contribution in [0.3, 0.4) is 0 Å². The van der Waals surface area contributed by atoms with Crippen molar-refractivity contribution in [3.8, 4) is 0 Å². The molecule has 0 spiro atoms. The summed E-state index contributed by atoms with van der Waals surface area (Å²) in [6, 6.07) is 16.7. The molecule has 168 valence electrons.